The summed E-state index contributed by atoms with van der Waals surface area (Å²) in [5.74, 6) is 0.685. The van der Waals surface area contributed by atoms with Crippen molar-refractivity contribution in [3.63, 3.8) is 0 Å². The van der Waals surface area contributed by atoms with E-state index in [2.05, 4.69) is 19.2 Å². The van der Waals surface area contributed by atoms with E-state index in [9.17, 15) is 13.8 Å². The van der Waals surface area contributed by atoms with Crippen molar-refractivity contribution in [3.05, 3.63) is 59.7 Å². The molecule has 1 saturated carbocycles. The van der Waals surface area contributed by atoms with Crippen molar-refractivity contribution in [2.75, 3.05) is 10.7 Å². The molecular formula is C24H28N2O3S. The first-order valence-corrected chi connectivity index (χ1v) is 11.9. The SMILES string of the molecule is C[C@H]1[C@H](C)CCC[C@@H]1NC(=O)c1ccc2c(c1)N(Cc1ccccc1)C(=O)C[S@]2=O. The van der Waals surface area contributed by atoms with Crippen LogP contribution in [0.5, 0.6) is 0 Å². The molecule has 1 N–H and O–H groups in total. The fourth-order valence-corrected chi connectivity index (χ4v) is 5.60. The van der Waals surface area contributed by atoms with E-state index in [1.165, 1.54) is 6.42 Å². The Kier molecular flexibility index (Phi) is 6.04. The summed E-state index contributed by atoms with van der Waals surface area (Å²) in [5.41, 5.74) is 2.07. The Balaban J connectivity index is 1.60. The Labute approximate surface area is 180 Å². The Bertz CT molecular complexity index is 976. The molecule has 0 spiro atoms. The lowest BCUT2D eigenvalue weighted by atomic mass is 9.78. The molecule has 1 aliphatic heterocycles. The number of hydrogen-bond acceptors (Lipinski definition) is 3. The molecule has 5 nitrogen and oxygen atoms in total. The fraction of sp³-hybridized carbons (Fsp3) is 0.417. The van der Waals surface area contributed by atoms with Gasteiger partial charge in [0.15, 0.2) is 0 Å². The van der Waals surface area contributed by atoms with E-state index in [-0.39, 0.29) is 23.6 Å². The van der Waals surface area contributed by atoms with Crippen LogP contribution in [0.15, 0.2) is 53.4 Å². The van der Waals surface area contributed by atoms with Crippen LogP contribution in [0.25, 0.3) is 0 Å². The molecule has 4 atom stereocenters. The van der Waals surface area contributed by atoms with Crippen molar-refractivity contribution in [3.8, 4) is 0 Å². The summed E-state index contributed by atoms with van der Waals surface area (Å²) in [7, 11) is -1.39. The van der Waals surface area contributed by atoms with Crippen LogP contribution >= 0.6 is 0 Å². The van der Waals surface area contributed by atoms with Gasteiger partial charge >= 0.3 is 0 Å². The molecule has 0 radical (unpaired) electrons. The van der Waals surface area contributed by atoms with Gasteiger partial charge in [-0.05, 0) is 42.0 Å². The number of nitrogens with zero attached hydrogens (tertiary/aromatic N) is 1. The second kappa shape index (κ2) is 8.72. The summed E-state index contributed by atoms with van der Waals surface area (Å²) in [6, 6.07) is 15.0. The minimum Gasteiger partial charge on any atom is -0.349 e. The van der Waals surface area contributed by atoms with Crippen LogP contribution in [0.3, 0.4) is 0 Å². The van der Waals surface area contributed by atoms with E-state index in [0.29, 0.717) is 34.5 Å². The molecule has 2 aromatic rings. The number of hydrogen-bond donors (Lipinski definition) is 1. The maximum atomic E-state index is 13.0. The molecule has 1 aliphatic carbocycles. The molecule has 1 heterocycles. The third-order valence-corrected chi connectivity index (χ3v) is 7.86. The van der Waals surface area contributed by atoms with E-state index in [1.54, 1.807) is 23.1 Å². The molecule has 0 bridgehead atoms. The Morgan fingerprint density at radius 2 is 1.90 bits per heavy atom. The summed E-state index contributed by atoms with van der Waals surface area (Å²) in [6.45, 7) is 4.83. The lowest BCUT2D eigenvalue weighted by molar-refractivity contribution is -0.116. The zero-order valence-corrected chi connectivity index (χ0v) is 18.3. The van der Waals surface area contributed by atoms with Crippen molar-refractivity contribution in [2.45, 2.75) is 50.6 Å². The molecule has 1 fully saturated rings. The first-order valence-electron chi connectivity index (χ1n) is 10.6. The molecule has 4 rings (SSSR count). The van der Waals surface area contributed by atoms with Gasteiger partial charge in [-0.15, -0.1) is 0 Å². The molecule has 0 unspecified atom stereocenters. The third kappa shape index (κ3) is 4.19. The van der Waals surface area contributed by atoms with Crippen LogP contribution in [0.2, 0.25) is 0 Å². The molecule has 6 heteroatoms. The Morgan fingerprint density at radius 1 is 1.13 bits per heavy atom. The van der Waals surface area contributed by atoms with Gasteiger partial charge in [-0.25, -0.2) is 0 Å². The zero-order chi connectivity index (χ0) is 21.3. The van der Waals surface area contributed by atoms with Gasteiger partial charge in [-0.2, -0.15) is 0 Å². The van der Waals surface area contributed by atoms with Crippen molar-refractivity contribution in [1.82, 2.24) is 5.32 Å². The zero-order valence-electron chi connectivity index (χ0n) is 17.5. The topological polar surface area (TPSA) is 66.5 Å². The highest BCUT2D eigenvalue weighted by Crippen LogP contribution is 2.32. The second-order valence-electron chi connectivity index (χ2n) is 8.49. The van der Waals surface area contributed by atoms with E-state index in [0.717, 1.165) is 18.4 Å². The van der Waals surface area contributed by atoms with Gasteiger partial charge < -0.3 is 10.2 Å². The highest BCUT2D eigenvalue weighted by atomic mass is 32.2. The summed E-state index contributed by atoms with van der Waals surface area (Å²) >= 11 is 0. The number of amides is 2. The number of nitrogens with one attached hydrogen (secondary N) is 1. The fourth-order valence-electron chi connectivity index (χ4n) is 4.44. The lowest BCUT2D eigenvalue weighted by Crippen LogP contribution is -2.44. The maximum absolute atomic E-state index is 13.0. The number of fused-ring (bicyclic) bond motifs is 1. The first kappa shape index (κ1) is 20.8. The van der Waals surface area contributed by atoms with Crippen molar-refractivity contribution < 1.29 is 13.8 Å². The van der Waals surface area contributed by atoms with Crippen LogP contribution in [0, 0.1) is 11.8 Å². The summed E-state index contributed by atoms with van der Waals surface area (Å²) in [5, 5.41) is 3.19. The number of carbonyl (C=O) groups is 2. The molecule has 2 amide bonds. The van der Waals surface area contributed by atoms with E-state index in [4.69, 9.17) is 0 Å². The highest BCUT2D eigenvalue weighted by Gasteiger charge is 2.31. The molecule has 30 heavy (non-hydrogen) atoms. The average molecular weight is 425 g/mol. The van der Waals surface area contributed by atoms with Gasteiger partial charge in [-0.3, -0.25) is 13.8 Å². The van der Waals surface area contributed by atoms with Gasteiger partial charge in [0, 0.05) is 11.6 Å². The average Bonchev–Trinajstić information content (AvgIpc) is 2.74. The summed E-state index contributed by atoms with van der Waals surface area (Å²) < 4.78 is 12.5. The van der Waals surface area contributed by atoms with Crippen LogP contribution in [0.4, 0.5) is 5.69 Å². The van der Waals surface area contributed by atoms with Crippen LogP contribution in [-0.2, 0) is 22.1 Å². The Morgan fingerprint density at radius 3 is 2.67 bits per heavy atom. The smallest absolute Gasteiger partial charge is 0.251 e. The van der Waals surface area contributed by atoms with Crippen molar-refractivity contribution >= 4 is 28.3 Å². The molecule has 158 valence electrons. The molecule has 0 aromatic heterocycles. The van der Waals surface area contributed by atoms with Gasteiger partial charge in [0.25, 0.3) is 5.91 Å². The van der Waals surface area contributed by atoms with Crippen LogP contribution in [0.1, 0.15) is 49.0 Å². The predicted molar refractivity (Wildman–Crippen MR) is 119 cm³/mol. The largest absolute Gasteiger partial charge is 0.349 e. The minimum absolute atomic E-state index is 0.0249. The molecule has 0 saturated heterocycles. The molecule has 2 aliphatic rings. The van der Waals surface area contributed by atoms with Crippen LogP contribution < -0.4 is 10.2 Å². The normalized spacial score (nSPS) is 26.2. The van der Waals surface area contributed by atoms with Gasteiger partial charge in [0.05, 0.1) is 27.9 Å². The number of benzene rings is 2. The number of rotatable bonds is 4. The maximum Gasteiger partial charge on any atom is 0.251 e. The highest BCUT2D eigenvalue weighted by molar-refractivity contribution is 7.86. The minimum atomic E-state index is -1.39. The van der Waals surface area contributed by atoms with Crippen molar-refractivity contribution in [1.29, 1.82) is 0 Å². The lowest BCUT2D eigenvalue weighted by Gasteiger charge is -2.34. The predicted octanol–water partition coefficient (Wildman–Crippen LogP) is 3.90. The Hall–Kier alpha value is -2.47. The van der Waals surface area contributed by atoms with E-state index >= 15 is 0 Å². The van der Waals surface area contributed by atoms with E-state index < -0.39 is 10.8 Å². The van der Waals surface area contributed by atoms with Gasteiger partial charge in [0.2, 0.25) is 5.91 Å². The summed E-state index contributed by atoms with van der Waals surface area (Å²) in [6.07, 6.45) is 3.32. The monoisotopic (exact) mass is 424 g/mol. The van der Waals surface area contributed by atoms with E-state index in [1.807, 2.05) is 30.3 Å². The molecular weight excluding hydrogens is 396 g/mol. The van der Waals surface area contributed by atoms with Gasteiger partial charge in [-0.1, -0.05) is 57.0 Å². The van der Waals surface area contributed by atoms with Crippen molar-refractivity contribution in [2.24, 2.45) is 11.8 Å². The summed E-state index contributed by atoms with van der Waals surface area (Å²) in [4.78, 5) is 27.9. The quantitative estimate of drug-likeness (QED) is 0.810. The first-order chi connectivity index (χ1) is 14.4. The standard InChI is InChI=1S/C24H28N2O3S/c1-16-7-6-10-20(17(16)2)25-24(28)19-11-12-22-21(13-19)26(23(27)15-30(22)29)14-18-8-4-3-5-9-18/h3-5,8-9,11-13,16-17,20H,6-7,10,14-15H2,1-2H3,(H,25,28)/t16-,17+,20+,30-/m1/s1. The molecule has 2 aromatic carbocycles. The third-order valence-electron chi connectivity index (χ3n) is 6.52. The second-order valence-corrected chi connectivity index (χ2v) is 9.90. The van der Waals surface area contributed by atoms with Gasteiger partial charge in [0.1, 0.15) is 5.75 Å². The van der Waals surface area contributed by atoms with Crippen LogP contribution in [-0.4, -0.2) is 27.8 Å². The number of carbonyl (C=O) groups excluding carboxylic acids is 2. The number of anilines is 1.